The van der Waals surface area contributed by atoms with Crippen molar-refractivity contribution in [1.29, 1.82) is 5.26 Å². The molecule has 0 N–H and O–H groups in total. The molecule has 1 fully saturated rings. The number of rotatable bonds is 5. The maximum atomic E-state index is 12.6. The summed E-state index contributed by atoms with van der Waals surface area (Å²) in [5.41, 5.74) is 0.124. The molecule has 0 aliphatic heterocycles. The van der Waals surface area contributed by atoms with Gasteiger partial charge in [0.2, 0.25) is 5.91 Å². The van der Waals surface area contributed by atoms with Crippen LogP contribution >= 0.6 is 0 Å². The Morgan fingerprint density at radius 1 is 1.50 bits per heavy atom. The highest BCUT2D eigenvalue weighted by Crippen LogP contribution is 2.43. The summed E-state index contributed by atoms with van der Waals surface area (Å²) in [6.07, 6.45) is 3.73. The first-order valence-electron chi connectivity index (χ1n) is 7.04. The number of nitriles is 1. The van der Waals surface area contributed by atoms with Crippen LogP contribution in [0.25, 0.3) is 0 Å². The highest BCUT2D eigenvalue weighted by atomic mass is 16.2. The molecule has 0 aromatic rings. The van der Waals surface area contributed by atoms with Crippen LogP contribution in [0.3, 0.4) is 0 Å². The third-order valence-electron chi connectivity index (χ3n) is 3.95. The highest BCUT2D eigenvalue weighted by molar-refractivity contribution is 5.80. The van der Waals surface area contributed by atoms with Gasteiger partial charge in [-0.25, -0.2) is 0 Å². The minimum Gasteiger partial charge on any atom is -0.341 e. The molecule has 102 valence electrons. The van der Waals surface area contributed by atoms with Crippen LogP contribution < -0.4 is 0 Å². The molecule has 0 aromatic heterocycles. The summed E-state index contributed by atoms with van der Waals surface area (Å²) in [6.45, 7) is 9.98. The van der Waals surface area contributed by atoms with Gasteiger partial charge in [0.25, 0.3) is 0 Å². The Kier molecular flexibility index (Phi) is 5.19. The average Bonchev–Trinajstić information content (AvgIpc) is 2.62. The highest BCUT2D eigenvalue weighted by Gasteiger charge is 2.41. The molecule has 0 radical (unpaired) electrons. The summed E-state index contributed by atoms with van der Waals surface area (Å²) in [5.74, 6) is 0.869. The Morgan fingerprint density at radius 3 is 2.61 bits per heavy atom. The van der Waals surface area contributed by atoms with Gasteiger partial charge in [-0.15, -0.1) is 0 Å². The molecule has 1 unspecified atom stereocenters. The van der Waals surface area contributed by atoms with Crippen molar-refractivity contribution in [1.82, 2.24) is 4.90 Å². The summed E-state index contributed by atoms with van der Waals surface area (Å²) in [6, 6.07) is 2.14. The van der Waals surface area contributed by atoms with Crippen molar-refractivity contribution in [2.75, 3.05) is 13.1 Å². The van der Waals surface area contributed by atoms with Crippen LogP contribution in [0.4, 0.5) is 0 Å². The Morgan fingerprint density at radius 2 is 2.17 bits per heavy atom. The molecule has 18 heavy (non-hydrogen) atoms. The fraction of sp³-hybridized carbons (Fsp3) is 0.867. The second-order valence-corrected chi connectivity index (χ2v) is 6.52. The third kappa shape index (κ3) is 3.73. The van der Waals surface area contributed by atoms with E-state index in [-0.39, 0.29) is 17.2 Å². The van der Waals surface area contributed by atoms with Crippen LogP contribution in [0.1, 0.15) is 53.4 Å². The van der Waals surface area contributed by atoms with Crippen molar-refractivity contribution in [2.45, 2.75) is 53.4 Å². The van der Waals surface area contributed by atoms with Gasteiger partial charge in [-0.1, -0.05) is 34.1 Å². The third-order valence-corrected chi connectivity index (χ3v) is 3.95. The SMILES string of the molecule is CC(C)CN(CCC#N)C(=O)C1CCCC1(C)C. The average molecular weight is 250 g/mol. The molecule has 1 aliphatic rings. The predicted molar refractivity (Wildman–Crippen MR) is 72.8 cm³/mol. The van der Waals surface area contributed by atoms with Crippen molar-refractivity contribution in [3.05, 3.63) is 0 Å². The molecule has 1 rings (SSSR count). The summed E-state index contributed by atoms with van der Waals surface area (Å²) in [7, 11) is 0. The number of amides is 1. The minimum atomic E-state index is 0.124. The summed E-state index contributed by atoms with van der Waals surface area (Å²) < 4.78 is 0. The molecule has 0 aromatic carbocycles. The monoisotopic (exact) mass is 250 g/mol. The molecule has 3 heteroatoms. The summed E-state index contributed by atoms with van der Waals surface area (Å²) in [5, 5.41) is 8.71. The minimum absolute atomic E-state index is 0.124. The topological polar surface area (TPSA) is 44.1 Å². The number of carbonyl (C=O) groups is 1. The molecule has 0 saturated heterocycles. The van der Waals surface area contributed by atoms with Crippen molar-refractivity contribution < 1.29 is 4.79 Å². The Hall–Kier alpha value is -1.04. The molecule has 0 spiro atoms. The van der Waals surface area contributed by atoms with E-state index in [1.807, 2.05) is 4.90 Å². The zero-order valence-electron chi connectivity index (χ0n) is 12.2. The quantitative estimate of drug-likeness (QED) is 0.752. The van der Waals surface area contributed by atoms with E-state index in [4.69, 9.17) is 5.26 Å². The molecule has 3 nitrogen and oxygen atoms in total. The Bertz CT molecular complexity index is 328. The van der Waals surface area contributed by atoms with Gasteiger partial charge in [-0.05, 0) is 24.2 Å². The van der Waals surface area contributed by atoms with Crippen LogP contribution in [0.2, 0.25) is 0 Å². The first kappa shape index (κ1) is 15.0. The normalized spacial score (nSPS) is 21.9. The smallest absolute Gasteiger partial charge is 0.226 e. The van der Waals surface area contributed by atoms with Crippen LogP contribution in [0.15, 0.2) is 0 Å². The van der Waals surface area contributed by atoms with Crippen LogP contribution in [0, 0.1) is 28.6 Å². The molecular weight excluding hydrogens is 224 g/mol. The second-order valence-electron chi connectivity index (χ2n) is 6.52. The van der Waals surface area contributed by atoms with Gasteiger partial charge in [0.05, 0.1) is 12.5 Å². The van der Waals surface area contributed by atoms with E-state index in [9.17, 15) is 4.79 Å². The first-order chi connectivity index (χ1) is 8.38. The Labute approximate surface area is 111 Å². The zero-order valence-corrected chi connectivity index (χ0v) is 12.2. The van der Waals surface area contributed by atoms with Crippen LogP contribution in [0.5, 0.6) is 0 Å². The molecule has 1 saturated carbocycles. The van der Waals surface area contributed by atoms with Gasteiger partial charge in [-0.2, -0.15) is 5.26 Å². The van der Waals surface area contributed by atoms with E-state index < -0.39 is 0 Å². The van der Waals surface area contributed by atoms with E-state index in [0.29, 0.717) is 18.9 Å². The van der Waals surface area contributed by atoms with Crippen molar-refractivity contribution >= 4 is 5.91 Å². The molecule has 1 atom stereocenters. The van der Waals surface area contributed by atoms with E-state index in [0.717, 1.165) is 25.8 Å². The molecular formula is C15H26N2O. The maximum absolute atomic E-state index is 12.6. The lowest BCUT2D eigenvalue weighted by molar-refractivity contribution is -0.138. The zero-order chi connectivity index (χ0) is 13.8. The Balaban J connectivity index is 2.72. The fourth-order valence-corrected chi connectivity index (χ4v) is 2.92. The van der Waals surface area contributed by atoms with E-state index in [1.165, 1.54) is 0 Å². The van der Waals surface area contributed by atoms with E-state index in [2.05, 4.69) is 33.8 Å². The van der Waals surface area contributed by atoms with Gasteiger partial charge < -0.3 is 4.90 Å². The van der Waals surface area contributed by atoms with Gasteiger partial charge in [0.1, 0.15) is 0 Å². The number of hydrogen-bond donors (Lipinski definition) is 0. The number of nitrogens with zero attached hydrogens (tertiary/aromatic N) is 2. The summed E-state index contributed by atoms with van der Waals surface area (Å²) in [4.78, 5) is 14.5. The lowest BCUT2D eigenvalue weighted by atomic mass is 9.81. The van der Waals surface area contributed by atoms with E-state index >= 15 is 0 Å². The molecule has 0 bridgehead atoms. The summed E-state index contributed by atoms with van der Waals surface area (Å²) >= 11 is 0. The maximum Gasteiger partial charge on any atom is 0.226 e. The largest absolute Gasteiger partial charge is 0.341 e. The van der Waals surface area contributed by atoms with Crippen molar-refractivity contribution in [3.8, 4) is 6.07 Å². The van der Waals surface area contributed by atoms with Gasteiger partial charge in [-0.3, -0.25) is 4.79 Å². The van der Waals surface area contributed by atoms with Gasteiger partial charge in [0, 0.05) is 19.0 Å². The van der Waals surface area contributed by atoms with Crippen LogP contribution in [-0.2, 0) is 4.79 Å². The second kappa shape index (κ2) is 6.22. The molecule has 1 amide bonds. The predicted octanol–water partition coefficient (Wildman–Crippen LogP) is 3.21. The standard InChI is InChI=1S/C15H26N2O/c1-12(2)11-17(10-6-9-16)14(18)13-7-5-8-15(13,3)4/h12-13H,5-8,10-11H2,1-4H3. The molecule has 0 heterocycles. The number of hydrogen-bond acceptors (Lipinski definition) is 2. The van der Waals surface area contributed by atoms with Gasteiger partial charge in [0.15, 0.2) is 0 Å². The fourth-order valence-electron chi connectivity index (χ4n) is 2.92. The van der Waals surface area contributed by atoms with E-state index in [1.54, 1.807) is 0 Å². The van der Waals surface area contributed by atoms with Crippen molar-refractivity contribution in [2.24, 2.45) is 17.3 Å². The lowest BCUT2D eigenvalue weighted by Gasteiger charge is -2.32. The van der Waals surface area contributed by atoms with Crippen molar-refractivity contribution in [3.63, 3.8) is 0 Å². The first-order valence-corrected chi connectivity index (χ1v) is 7.04. The molecule has 1 aliphatic carbocycles. The number of carbonyl (C=O) groups excluding carboxylic acids is 1. The van der Waals surface area contributed by atoms with Gasteiger partial charge >= 0.3 is 0 Å². The lowest BCUT2D eigenvalue weighted by Crippen LogP contribution is -2.42. The van der Waals surface area contributed by atoms with Crippen LogP contribution in [-0.4, -0.2) is 23.9 Å².